The van der Waals surface area contributed by atoms with E-state index >= 15 is 0 Å². The largest absolute Gasteiger partial charge is 0.438 e. The number of thioether (sulfide) groups is 1. The van der Waals surface area contributed by atoms with Gasteiger partial charge >= 0.3 is 24.1 Å². The lowest BCUT2D eigenvalue weighted by molar-refractivity contribution is -0.152. The van der Waals surface area contributed by atoms with Gasteiger partial charge in [0, 0.05) is 12.8 Å². The van der Waals surface area contributed by atoms with Gasteiger partial charge in [0.05, 0.1) is 0 Å². The standard InChI is InChI=1S/C18H30N2O8S/c1-4-6-8-10-14(21)25-12-27-17(23)19-16(29-3)20-18(24)28-13-26-15(22)11-9-7-5-2/h4-13H2,1-3H3,(H,19,20,23,24). The topological polar surface area (TPSA) is 130 Å². The third kappa shape index (κ3) is 16.4. The van der Waals surface area contributed by atoms with Crippen LogP contribution in [0.4, 0.5) is 9.59 Å². The van der Waals surface area contributed by atoms with Crippen molar-refractivity contribution < 1.29 is 38.1 Å². The molecule has 0 atom stereocenters. The highest BCUT2D eigenvalue weighted by Gasteiger charge is 2.11. The van der Waals surface area contributed by atoms with Gasteiger partial charge in [-0.3, -0.25) is 14.9 Å². The summed E-state index contributed by atoms with van der Waals surface area (Å²) in [7, 11) is 0. The number of unbranched alkanes of at least 4 members (excludes halogenated alkanes) is 4. The quantitative estimate of drug-likeness (QED) is 0.160. The van der Waals surface area contributed by atoms with Gasteiger partial charge in [0.15, 0.2) is 5.17 Å². The highest BCUT2D eigenvalue weighted by atomic mass is 32.2. The Morgan fingerprint density at radius 2 is 1.31 bits per heavy atom. The van der Waals surface area contributed by atoms with Gasteiger partial charge < -0.3 is 18.9 Å². The summed E-state index contributed by atoms with van der Waals surface area (Å²) >= 11 is 0.955. The molecule has 166 valence electrons. The minimum Gasteiger partial charge on any atom is -0.428 e. The van der Waals surface area contributed by atoms with Gasteiger partial charge in [0.2, 0.25) is 13.6 Å². The fourth-order valence-electron chi connectivity index (χ4n) is 1.84. The van der Waals surface area contributed by atoms with E-state index in [-0.39, 0.29) is 18.0 Å². The second-order valence-corrected chi connectivity index (χ2v) is 6.57. The van der Waals surface area contributed by atoms with Crippen LogP contribution in [0, 0.1) is 0 Å². The first-order chi connectivity index (χ1) is 13.9. The van der Waals surface area contributed by atoms with Crippen LogP contribution in [-0.2, 0) is 28.5 Å². The number of aliphatic imine (C=N–C) groups is 1. The second-order valence-electron chi connectivity index (χ2n) is 5.77. The number of ether oxygens (including phenoxy) is 4. The summed E-state index contributed by atoms with van der Waals surface area (Å²) in [6, 6.07) is 0. The van der Waals surface area contributed by atoms with E-state index in [9.17, 15) is 19.2 Å². The lowest BCUT2D eigenvalue weighted by Gasteiger charge is -2.08. The van der Waals surface area contributed by atoms with Gasteiger partial charge in [-0.1, -0.05) is 51.3 Å². The molecule has 10 nitrogen and oxygen atoms in total. The Kier molecular flexibility index (Phi) is 16.4. The van der Waals surface area contributed by atoms with Gasteiger partial charge in [-0.15, -0.1) is 0 Å². The number of rotatable bonds is 12. The summed E-state index contributed by atoms with van der Waals surface area (Å²) in [6.45, 7) is 2.92. The molecule has 1 N–H and O–H groups in total. The highest BCUT2D eigenvalue weighted by Crippen LogP contribution is 2.02. The highest BCUT2D eigenvalue weighted by molar-refractivity contribution is 8.13. The van der Waals surface area contributed by atoms with E-state index in [2.05, 4.69) is 19.8 Å². The van der Waals surface area contributed by atoms with E-state index in [4.69, 9.17) is 9.47 Å². The molecule has 0 aliphatic carbocycles. The van der Waals surface area contributed by atoms with Crippen molar-refractivity contribution in [3.8, 4) is 0 Å². The molecule has 2 amide bonds. The van der Waals surface area contributed by atoms with E-state index in [1.165, 1.54) is 0 Å². The number of hydrogen-bond donors (Lipinski definition) is 1. The number of carbonyl (C=O) groups is 4. The van der Waals surface area contributed by atoms with E-state index < -0.39 is 37.7 Å². The Labute approximate surface area is 175 Å². The van der Waals surface area contributed by atoms with E-state index in [0.717, 1.165) is 37.4 Å². The van der Waals surface area contributed by atoms with Crippen molar-refractivity contribution in [2.75, 3.05) is 19.8 Å². The van der Waals surface area contributed by atoms with Crippen molar-refractivity contribution >= 4 is 41.1 Å². The van der Waals surface area contributed by atoms with Crippen molar-refractivity contribution in [1.82, 2.24) is 5.32 Å². The normalized spacial score (nSPS) is 10.8. The van der Waals surface area contributed by atoms with Crippen LogP contribution < -0.4 is 5.32 Å². The second kappa shape index (κ2) is 17.8. The van der Waals surface area contributed by atoms with Crippen LogP contribution in [0.15, 0.2) is 4.99 Å². The SMILES string of the molecule is CCCCCC(=O)OCOC(=O)N=C(NC(=O)OCOC(=O)CCCCC)SC. The first-order valence-corrected chi connectivity index (χ1v) is 10.7. The van der Waals surface area contributed by atoms with Crippen LogP contribution in [0.3, 0.4) is 0 Å². The molecule has 0 heterocycles. The third-order valence-corrected chi connectivity index (χ3v) is 3.96. The summed E-state index contributed by atoms with van der Waals surface area (Å²) < 4.78 is 18.8. The maximum atomic E-state index is 11.6. The Hall–Kier alpha value is -2.30. The summed E-state index contributed by atoms with van der Waals surface area (Å²) in [4.78, 5) is 49.5. The molecule has 0 fully saturated rings. The maximum absolute atomic E-state index is 11.6. The number of alkyl carbamates (subject to hydrolysis) is 1. The molecular weight excluding hydrogens is 404 g/mol. The molecule has 0 aromatic rings. The monoisotopic (exact) mass is 434 g/mol. The molecule has 0 aliphatic rings. The summed E-state index contributed by atoms with van der Waals surface area (Å²) in [5.74, 6) is -0.927. The van der Waals surface area contributed by atoms with Crippen LogP contribution in [0.25, 0.3) is 0 Å². The average Bonchev–Trinajstić information content (AvgIpc) is 2.67. The molecule has 0 aromatic carbocycles. The molecule has 0 saturated heterocycles. The molecule has 0 saturated carbocycles. The zero-order chi connectivity index (χ0) is 21.9. The number of amides is 2. The van der Waals surface area contributed by atoms with Gasteiger partial charge in [0.1, 0.15) is 0 Å². The molecular formula is C18H30N2O8S. The van der Waals surface area contributed by atoms with Gasteiger partial charge in [-0.05, 0) is 19.1 Å². The first-order valence-electron chi connectivity index (χ1n) is 9.47. The number of amidine groups is 1. The predicted molar refractivity (Wildman–Crippen MR) is 107 cm³/mol. The van der Waals surface area contributed by atoms with Crippen molar-refractivity contribution in [3.63, 3.8) is 0 Å². The maximum Gasteiger partial charge on any atom is 0.438 e. The molecule has 0 spiro atoms. The first kappa shape index (κ1) is 26.7. The van der Waals surface area contributed by atoms with Crippen molar-refractivity contribution in [2.45, 2.75) is 65.2 Å². The summed E-state index contributed by atoms with van der Waals surface area (Å²) in [6.07, 6.45) is 5.28. The molecule has 0 unspecified atom stereocenters. The Morgan fingerprint density at radius 1 is 0.793 bits per heavy atom. The van der Waals surface area contributed by atoms with Crippen LogP contribution in [0.2, 0.25) is 0 Å². The van der Waals surface area contributed by atoms with Gasteiger partial charge in [-0.25, -0.2) is 9.59 Å². The van der Waals surface area contributed by atoms with Crippen molar-refractivity contribution in [2.24, 2.45) is 4.99 Å². The zero-order valence-electron chi connectivity index (χ0n) is 17.2. The minimum absolute atomic E-state index is 0.0939. The van der Waals surface area contributed by atoms with Crippen molar-refractivity contribution in [3.05, 3.63) is 0 Å². The summed E-state index contributed by atoms with van der Waals surface area (Å²) in [5.41, 5.74) is 0. The molecule has 0 bridgehead atoms. The zero-order valence-corrected chi connectivity index (χ0v) is 18.0. The number of esters is 2. The Morgan fingerprint density at radius 3 is 1.79 bits per heavy atom. The lowest BCUT2D eigenvalue weighted by atomic mass is 10.2. The molecule has 0 rings (SSSR count). The number of nitrogens with one attached hydrogen (secondary N) is 1. The Balaban J connectivity index is 4.10. The number of hydrogen-bond acceptors (Lipinski definition) is 9. The smallest absolute Gasteiger partial charge is 0.428 e. The van der Waals surface area contributed by atoms with Crippen LogP contribution >= 0.6 is 11.8 Å². The third-order valence-electron chi connectivity index (χ3n) is 3.38. The van der Waals surface area contributed by atoms with E-state index in [1.54, 1.807) is 6.26 Å². The van der Waals surface area contributed by atoms with Gasteiger partial charge in [0.25, 0.3) is 0 Å². The van der Waals surface area contributed by atoms with Gasteiger partial charge in [-0.2, -0.15) is 4.99 Å². The fraction of sp³-hybridized carbons (Fsp3) is 0.722. The van der Waals surface area contributed by atoms with Crippen LogP contribution in [0.1, 0.15) is 65.2 Å². The van der Waals surface area contributed by atoms with E-state index in [1.807, 2.05) is 13.8 Å². The summed E-state index contributed by atoms with van der Waals surface area (Å²) in [5, 5.41) is 2.12. The minimum atomic E-state index is -1.04. The Bertz CT molecular complexity index is 554. The van der Waals surface area contributed by atoms with Crippen LogP contribution in [-0.4, -0.2) is 49.1 Å². The predicted octanol–water partition coefficient (Wildman–Crippen LogP) is 3.73. The van der Waals surface area contributed by atoms with Crippen molar-refractivity contribution in [1.29, 1.82) is 0 Å². The number of carbonyl (C=O) groups excluding carboxylic acids is 4. The molecule has 11 heteroatoms. The molecule has 0 aliphatic heterocycles. The molecule has 0 aromatic heterocycles. The number of nitrogens with zero attached hydrogens (tertiary/aromatic N) is 1. The molecule has 0 radical (unpaired) electrons. The average molecular weight is 435 g/mol. The van der Waals surface area contributed by atoms with Crippen LogP contribution in [0.5, 0.6) is 0 Å². The lowest BCUT2D eigenvalue weighted by Crippen LogP contribution is -2.30. The molecule has 29 heavy (non-hydrogen) atoms. The van der Waals surface area contributed by atoms with E-state index in [0.29, 0.717) is 12.8 Å². The fourth-order valence-corrected chi connectivity index (χ4v) is 2.19.